The van der Waals surface area contributed by atoms with Gasteiger partial charge in [-0.3, -0.25) is 10.1 Å². The Morgan fingerprint density at radius 3 is 2.90 bits per heavy atom. The molecular formula is C16H16N2O2S. The molecule has 0 saturated heterocycles. The summed E-state index contributed by atoms with van der Waals surface area (Å²) in [6.07, 6.45) is 1.09. The zero-order valence-electron chi connectivity index (χ0n) is 11.5. The summed E-state index contributed by atoms with van der Waals surface area (Å²) in [4.78, 5) is 11.8. The second kappa shape index (κ2) is 6.28. The summed E-state index contributed by atoms with van der Waals surface area (Å²) in [5, 5.41) is 14.7. The van der Waals surface area contributed by atoms with Gasteiger partial charge in [-0.05, 0) is 23.6 Å². The molecule has 0 amide bonds. The Labute approximate surface area is 127 Å². The van der Waals surface area contributed by atoms with Gasteiger partial charge in [0.2, 0.25) is 0 Å². The third kappa shape index (κ3) is 3.43. The van der Waals surface area contributed by atoms with Gasteiger partial charge in [0.25, 0.3) is 5.69 Å². The highest BCUT2D eigenvalue weighted by Gasteiger charge is 2.21. The highest BCUT2D eigenvalue weighted by atomic mass is 32.2. The average Bonchev–Trinajstić information content (AvgIpc) is 2.90. The van der Waals surface area contributed by atoms with Crippen LogP contribution in [0.4, 0.5) is 5.69 Å². The van der Waals surface area contributed by atoms with Crippen molar-refractivity contribution in [2.75, 3.05) is 6.54 Å². The fourth-order valence-corrected chi connectivity index (χ4v) is 3.81. The molecule has 1 N–H and O–H groups in total. The number of fused-ring (bicyclic) bond motifs is 1. The summed E-state index contributed by atoms with van der Waals surface area (Å²) in [6.45, 7) is 1.57. The molecule has 21 heavy (non-hydrogen) atoms. The minimum atomic E-state index is -0.354. The van der Waals surface area contributed by atoms with E-state index in [2.05, 4.69) is 29.6 Å². The first-order valence-electron chi connectivity index (χ1n) is 6.91. The van der Waals surface area contributed by atoms with Crippen molar-refractivity contribution in [2.45, 2.75) is 23.1 Å². The van der Waals surface area contributed by atoms with Crippen LogP contribution in [0.25, 0.3) is 0 Å². The lowest BCUT2D eigenvalue weighted by Crippen LogP contribution is -2.24. The van der Waals surface area contributed by atoms with E-state index < -0.39 is 0 Å². The maximum Gasteiger partial charge on any atom is 0.269 e. The molecule has 0 fully saturated rings. The molecule has 0 aromatic heterocycles. The maximum absolute atomic E-state index is 10.7. The molecule has 0 saturated carbocycles. The quantitative estimate of drug-likeness (QED) is 0.679. The third-order valence-electron chi connectivity index (χ3n) is 3.54. The van der Waals surface area contributed by atoms with E-state index in [0.717, 1.165) is 18.5 Å². The maximum atomic E-state index is 10.7. The summed E-state index contributed by atoms with van der Waals surface area (Å²) >= 11 is 1.91. The van der Waals surface area contributed by atoms with Crippen molar-refractivity contribution < 1.29 is 4.92 Å². The fourth-order valence-electron chi connectivity index (χ4n) is 2.53. The Bertz CT molecular complexity index is 635. The Kier molecular flexibility index (Phi) is 4.22. The summed E-state index contributed by atoms with van der Waals surface area (Å²) in [5.41, 5.74) is 2.52. The number of nitrogens with zero attached hydrogens (tertiary/aromatic N) is 1. The molecule has 0 spiro atoms. The predicted molar refractivity (Wildman–Crippen MR) is 84.6 cm³/mol. The molecule has 1 aliphatic heterocycles. The van der Waals surface area contributed by atoms with Gasteiger partial charge in [0.1, 0.15) is 0 Å². The van der Waals surface area contributed by atoms with Gasteiger partial charge in [0.05, 0.1) is 4.92 Å². The lowest BCUT2D eigenvalue weighted by Gasteiger charge is -2.10. The molecule has 1 aliphatic rings. The Morgan fingerprint density at radius 1 is 1.24 bits per heavy atom. The Morgan fingerprint density at radius 2 is 2.10 bits per heavy atom. The van der Waals surface area contributed by atoms with Gasteiger partial charge in [-0.25, -0.2) is 0 Å². The second-order valence-electron chi connectivity index (χ2n) is 5.11. The molecule has 0 bridgehead atoms. The summed E-state index contributed by atoms with van der Waals surface area (Å²) in [5.74, 6) is 0. The Balaban J connectivity index is 1.51. The molecule has 2 aromatic carbocycles. The molecule has 1 unspecified atom stereocenters. The topological polar surface area (TPSA) is 55.2 Å². The molecule has 0 radical (unpaired) electrons. The van der Waals surface area contributed by atoms with Crippen LogP contribution in [0.3, 0.4) is 0 Å². The van der Waals surface area contributed by atoms with Gasteiger partial charge < -0.3 is 5.32 Å². The van der Waals surface area contributed by atoms with Gasteiger partial charge in [0.15, 0.2) is 0 Å². The van der Waals surface area contributed by atoms with Crippen LogP contribution in [0.5, 0.6) is 0 Å². The Hall–Kier alpha value is -1.85. The zero-order chi connectivity index (χ0) is 14.7. The lowest BCUT2D eigenvalue weighted by atomic mass is 10.1. The van der Waals surface area contributed by atoms with Gasteiger partial charge in [-0.15, -0.1) is 11.8 Å². The van der Waals surface area contributed by atoms with Crippen molar-refractivity contribution in [3.63, 3.8) is 0 Å². The van der Waals surface area contributed by atoms with Crippen LogP contribution in [0.1, 0.15) is 11.1 Å². The van der Waals surface area contributed by atoms with E-state index in [9.17, 15) is 10.1 Å². The molecule has 0 aliphatic carbocycles. The number of thioether (sulfide) groups is 1. The van der Waals surface area contributed by atoms with Crippen LogP contribution in [-0.4, -0.2) is 16.7 Å². The molecule has 3 rings (SSSR count). The van der Waals surface area contributed by atoms with Crippen molar-refractivity contribution in [2.24, 2.45) is 0 Å². The predicted octanol–water partition coefficient (Wildman–Crippen LogP) is 3.40. The summed E-state index contributed by atoms with van der Waals surface area (Å²) in [7, 11) is 0. The number of nitrogens with one attached hydrogen (secondary N) is 1. The van der Waals surface area contributed by atoms with Crippen molar-refractivity contribution in [1.82, 2.24) is 5.32 Å². The van der Waals surface area contributed by atoms with Crippen molar-refractivity contribution in [3.8, 4) is 0 Å². The number of hydrogen-bond donors (Lipinski definition) is 1. The van der Waals surface area contributed by atoms with E-state index in [1.807, 2.05) is 17.8 Å². The van der Waals surface area contributed by atoms with Crippen LogP contribution < -0.4 is 5.32 Å². The van der Waals surface area contributed by atoms with Gasteiger partial charge >= 0.3 is 0 Å². The van der Waals surface area contributed by atoms with E-state index in [-0.39, 0.29) is 10.6 Å². The number of nitro benzene ring substituents is 1. The van der Waals surface area contributed by atoms with E-state index >= 15 is 0 Å². The first-order valence-corrected chi connectivity index (χ1v) is 7.79. The molecule has 1 heterocycles. The molecular weight excluding hydrogens is 284 g/mol. The number of non-ortho nitro benzene ring substituents is 1. The second-order valence-corrected chi connectivity index (χ2v) is 6.45. The molecule has 5 heteroatoms. The van der Waals surface area contributed by atoms with Crippen LogP contribution in [0.15, 0.2) is 53.4 Å². The highest BCUT2D eigenvalue weighted by Crippen LogP contribution is 2.36. The average molecular weight is 300 g/mol. The van der Waals surface area contributed by atoms with Crippen LogP contribution in [0, 0.1) is 10.1 Å². The molecule has 1 atom stereocenters. The first-order chi connectivity index (χ1) is 10.2. The van der Waals surface area contributed by atoms with Gasteiger partial charge in [-0.2, -0.15) is 0 Å². The number of benzene rings is 2. The first kappa shape index (κ1) is 14.1. The monoisotopic (exact) mass is 300 g/mol. The smallest absolute Gasteiger partial charge is 0.269 e. The van der Waals surface area contributed by atoms with E-state index in [1.54, 1.807) is 12.1 Å². The zero-order valence-corrected chi connectivity index (χ0v) is 12.3. The minimum Gasteiger partial charge on any atom is -0.312 e. The van der Waals surface area contributed by atoms with Crippen LogP contribution in [-0.2, 0) is 13.0 Å². The van der Waals surface area contributed by atoms with Crippen molar-refractivity contribution in [1.29, 1.82) is 0 Å². The van der Waals surface area contributed by atoms with Crippen molar-refractivity contribution in [3.05, 3.63) is 69.8 Å². The summed E-state index contributed by atoms with van der Waals surface area (Å²) < 4.78 is 0. The number of rotatable bonds is 5. The number of nitro groups is 1. The molecule has 2 aromatic rings. The number of hydrogen-bond acceptors (Lipinski definition) is 4. The third-order valence-corrected chi connectivity index (χ3v) is 4.86. The molecule has 108 valence electrons. The van der Waals surface area contributed by atoms with Gasteiger partial charge in [-0.1, -0.05) is 30.3 Å². The normalized spacial score (nSPS) is 16.7. The van der Waals surface area contributed by atoms with Crippen LogP contribution >= 0.6 is 11.8 Å². The summed E-state index contributed by atoms with van der Waals surface area (Å²) in [6, 6.07) is 15.3. The molecule has 4 nitrogen and oxygen atoms in total. The van der Waals surface area contributed by atoms with E-state index in [1.165, 1.54) is 16.5 Å². The van der Waals surface area contributed by atoms with E-state index in [0.29, 0.717) is 11.8 Å². The largest absolute Gasteiger partial charge is 0.312 e. The van der Waals surface area contributed by atoms with Crippen LogP contribution in [0.2, 0.25) is 0 Å². The van der Waals surface area contributed by atoms with Crippen molar-refractivity contribution >= 4 is 17.4 Å². The SMILES string of the molecule is O=[N+]([O-])c1cccc(CNCC2Cc3ccccc3S2)c1. The van der Waals surface area contributed by atoms with Gasteiger partial charge in [0, 0.05) is 35.4 Å². The highest BCUT2D eigenvalue weighted by molar-refractivity contribution is 8.00. The lowest BCUT2D eigenvalue weighted by molar-refractivity contribution is -0.384. The van der Waals surface area contributed by atoms with E-state index in [4.69, 9.17) is 0 Å². The fraction of sp³-hybridized carbons (Fsp3) is 0.250. The minimum absolute atomic E-state index is 0.150. The standard InChI is InChI=1S/C16H16N2O2S/c19-18(20)14-6-3-4-12(8-14)10-17-11-15-9-13-5-1-2-7-16(13)21-15/h1-8,15,17H,9-11H2.